The minimum Gasteiger partial charge on any atom is -0.492 e. The Morgan fingerprint density at radius 3 is 2.60 bits per heavy atom. The number of benzene rings is 2. The van der Waals surface area contributed by atoms with Crippen LogP contribution in [-0.2, 0) is 0 Å². The van der Waals surface area contributed by atoms with E-state index in [9.17, 15) is 9.18 Å². The maximum absolute atomic E-state index is 13.3. The third kappa shape index (κ3) is 3.98. The fraction of sp³-hybridized carbons (Fsp3) is 0.105. The average Bonchev–Trinajstić information content (AvgIpc) is 2.64. The normalized spacial score (nSPS) is 10.3. The lowest BCUT2D eigenvalue weighted by Crippen LogP contribution is -2.13. The van der Waals surface area contributed by atoms with Gasteiger partial charge in [0.05, 0.1) is 17.9 Å². The molecule has 0 radical (unpaired) electrons. The summed E-state index contributed by atoms with van der Waals surface area (Å²) in [6.45, 7) is 2.37. The molecule has 0 atom stereocenters. The molecule has 3 aromatic rings. The van der Waals surface area contributed by atoms with Crippen molar-refractivity contribution in [2.45, 2.75) is 6.92 Å². The number of para-hydroxylation sites is 2. The van der Waals surface area contributed by atoms with E-state index < -0.39 is 0 Å². The molecule has 0 aliphatic rings. The number of carbonyl (C=O) groups is 1. The lowest BCUT2D eigenvalue weighted by atomic mass is 10.2. The van der Waals surface area contributed by atoms with Crippen molar-refractivity contribution in [3.8, 4) is 17.1 Å². The molecule has 0 bridgehead atoms. The number of hydrogen-bond acceptors (Lipinski definition) is 4. The van der Waals surface area contributed by atoms with Crippen LogP contribution in [-0.4, -0.2) is 22.5 Å². The van der Waals surface area contributed by atoms with Crippen molar-refractivity contribution in [3.63, 3.8) is 0 Å². The maximum atomic E-state index is 13.3. The second kappa shape index (κ2) is 7.53. The molecule has 1 heterocycles. The van der Waals surface area contributed by atoms with Gasteiger partial charge in [0.25, 0.3) is 5.91 Å². The molecule has 2 aromatic carbocycles. The van der Waals surface area contributed by atoms with Crippen molar-refractivity contribution in [2.75, 3.05) is 11.9 Å². The number of ether oxygens (including phenoxy) is 1. The summed E-state index contributed by atoms with van der Waals surface area (Å²) in [5.74, 6) is 0.231. The van der Waals surface area contributed by atoms with Crippen LogP contribution in [0.3, 0.4) is 0 Å². The van der Waals surface area contributed by atoms with Gasteiger partial charge >= 0.3 is 0 Å². The average molecular weight is 337 g/mol. The largest absolute Gasteiger partial charge is 0.492 e. The van der Waals surface area contributed by atoms with Gasteiger partial charge in [0.15, 0.2) is 5.82 Å². The fourth-order valence-corrected chi connectivity index (χ4v) is 2.27. The monoisotopic (exact) mass is 337 g/mol. The Kier molecular flexibility index (Phi) is 4.99. The van der Waals surface area contributed by atoms with E-state index in [2.05, 4.69) is 15.3 Å². The summed E-state index contributed by atoms with van der Waals surface area (Å²) < 4.78 is 18.8. The van der Waals surface area contributed by atoms with Crippen LogP contribution in [0.1, 0.15) is 17.3 Å². The first-order chi connectivity index (χ1) is 12.2. The van der Waals surface area contributed by atoms with Crippen molar-refractivity contribution in [2.24, 2.45) is 0 Å². The molecule has 0 aliphatic carbocycles. The second-order valence-electron chi connectivity index (χ2n) is 5.19. The highest BCUT2D eigenvalue weighted by Gasteiger charge is 2.11. The van der Waals surface area contributed by atoms with Gasteiger partial charge in [-0.3, -0.25) is 4.79 Å². The number of nitrogens with zero attached hydrogens (tertiary/aromatic N) is 2. The van der Waals surface area contributed by atoms with Gasteiger partial charge in [0, 0.05) is 18.0 Å². The molecular formula is C19H16FN3O2. The standard InChI is InChI=1S/C19H16FN3O2/c1-2-25-17-9-4-3-8-16(17)23-19(24)14-11-21-18(22-12-14)13-6-5-7-15(20)10-13/h3-12H,2H2,1H3,(H,23,24). The molecule has 5 nitrogen and oxygen atoms in total. The van der Waals surface area contributed by atoms with E-state index in [0.717, 1.165) is 0 Å². The Morgan fingerprint density at radius 1 is 1.12 bits per heavy atom. The number of amides is 1. The van der Waals surface area contributed by atoms with Gasteiger partial charge in [0.2, 0.25) is 0 Å². The molecule has 0 fully saturated rings. The number of hydrogen-bond donors (Lipinski definition) is 1. The number of rotatable bonds is 5. The summed E-state index contributed by atoms with van der Waals surface area (Å²) in [6, 6.07) is 13.1. The summed E-state index contributed by atoms with van der Waals surface area (Å²) in [6.07, 6.45) is 2.82. The van der Waals surface area contributed by atoms with Crippen molar-refractivity contribution in [1.29, 1.82) is 0 Å². The lowest BCUT2D eigenvalue weighted by Gasteiger charge is -2.11. The molecule has 6 heteroatoms. The second-order valence-corrected chi connectivity index (χ2v) is 5.19. The van der Waals surface area contributed by atoms with Crippen LogP contribution in [0.2, 0.25) is 0 Å². The first-order valence-electron chi connectivity index (χ1n) is 7.78. The van der Waals surface area contributed by atoms with Crippen LogP contribution in [0.4, 0.5) is 10.1 Å². The van der Waals surface area contributed by atoms with Crippen molar-refractivity contribution < 1.29 is 13.9 Å². The lowest BCUT2D eigenvalue weighted by molar-refractivity contribution is 0.102. The quantitative estimate of drug-likeness (QED) is 0.766. The Balaban J connectivity index is 1.77. The first kappa shape index (κ1) is 16.6. The molecule has 0 saturated heterocycles. The molecule has 1 N–H and O–H groups in total. The highest BCUT2D eigenvalue weighted by molar-refractivity contribution is 6.04. The number of anilines is 1. The molecule has 1 aromatic heterocycles. The minimum absolute atomic E-state index is 0.298. The Hall–Kier alpha value is -3.28. The highest BCUT2D eigenvalue weighted by Crippen LogP contribution is 2.24. The van der Waals surface area contributed by atoms with Crippen molar-refractivity contribution in [1.82, 2.24) is 9.97 Å². The van der Waals surface area contributed by atoms with E-state index in [1.165, 1.54) is 24.5 Å². The Morgan fingerprint density at radius 2 is 1.88 bits per heavy atom. The number of halogens is 1. The van der Waals surface area contributed by atoms with E-state index in [4.69, 9.17) is 4.74 Å². The van der Waals surface area contributed by atoms with Crippen molar-refractivity contribution in [3.05, 3.63) is 72.3 Å². The van der Waals surface area contributed by atoms with E-state index in [-0.39, 0.29) is 11.7 Å². The maximum Gasteiger partial charge on any atom is 0.258 e. The number of carbonyl (C=O) groups excluding carboxylic acids is 1. The zero-order valence-corrected chi connectivity index (χ0v) is 13.6. The summed E-state index contributed by atoms with van der Waals surface area (Å²) in [7, 11) is 0. The van der Waals surface area contributed by atoms with Gasteiger partial charge in [-0.1, -0.05) is 24.3 Å². The Labute approximate surface area is 144 Å². The zero-order chi connectivity index (χ0) is 17.6. The van der Waals surface area contributed by atoms with Crippen molar-refractivity contribution >= 4 is 11.6 Å². The number of nitrogens with one attached hydrogen (secondary N) is 1. The summed E-state index contributed by atoms with van der Waals surface area (Å²) in [5.41, 5.74) is 1.42. The minimum atomic E-state index is -0.365. The van der Waals surface area contributed by atoms with E-state index in [0.29, 0.717) is 35.0 Å². The van der Waals surface area contributed by atoms with Crippen LogP contribution >= 0.6 is 0 Å². The van der Waals surface area contributed by atoms with Crippen LogP contribution in [0.15, 0.2) is 60.9 Å². The van der Waals surface area contributed by atoms with E-state index >= 15 is 0 Å². The highest BCUT2D eigenvalue weighted by atomic mass is 19.1. The third-order valence-corrected chi connectivity index (χ3v) is 3.43. The Bertz CT molecular complexity index is 882. The molecule has 0 aliphatic heterocycles. The van der Waals surface area contributed by atoms with Gasteiger partial charge in [-0.2, -0.15) is 0 Å². The zero-order valence-electron chi connectivity index (χ0n) is 13.6. The van der Waals surface area contributed by atoms with Gasteiger partial charge in [-0.25, -0.2) is 14.4 Å². The van der Waals surface area contributed by atoms with E-state index in [1.807, 2.05) is 19.1 Å². The molecule has 126 valence electrons. The molecule has 0 saturated carbocycles. The van der Waals surface area contributed by atoms with E-state index in [1.54, 1.807) is 24.3 Å². The van der Waals surface area contributed by atoms with Crippen LogP contribution in [0.5, 0.6) is 5.75 Å². The van der Waals surface area contributed by atoms with Crippen LogP contribution in [0.25, 0.3) is 11.4 Å². The summed E-state index contributed by atoms with van der Waals surface area (Å²) in [5, 5.41) is 2.78. The molecule has 0 spiro atoms. The molecule has 25 heavy (non-hydrogen) atoms. The molecule has 0 unspecified atom stereocenters. The third-order valence-electron chi connectivity index (χ3n) is 3.43. The molecular weight excluding hydrogens is 321 g/mol. The number of aromatic nitrogens is 2. The summed E-state index contributed by atoms with van der Waals surface area (Å²) >= 11 is 0. The predicted molar refractivity (Wildman–Crippen MR) is 93.0 cm³/mol. The van der Waals surface area contributed by atoms with Gasteiger partial charge < -0.3 is 10.1 Å². The van der Waals surface area contributed by atoms with Gasteiger partial charge in [-0.05, 0) is 31.2 Å². The van der Waals surface area contributed by atoms with Gasteiger partial charge in [0.1, 0.15) is 11.6 Å². The smallest absolute Gasteiger partial charge is 0.258 e. The molecule has 3 rings (SSSR count). The summed E-state index contributed by atoms with van der Waals surface area (Å²) in [4.78, 5) is 20.6. The van der Waals surface area contributed by atoms with Gasteiger partial charge in [-0.15, -0.1) is 0 Å². The topological polar surface area (TPSA) is 64.1 Å². The van der Waals surface area contributed by atoms with Crippen LogP contribution in [0, 0.1) is 5.82 Å². The predicted octanol–water partition coefficient (Wildman–Crippen LogP) is 3.93. The molecule has 1 amide bonds. The first-order valence-corrected chi connectivity index (χ1v) is 7.78. The van der Waals surface area contributed by atoms with Crippen LogP contribution < -0.4 is 10.1 Å². The fourth-order valence-electron chi connectivity index (χ4n) is 2.27. The SMILES string of the molecule is CCOc1ccccc1NC(=O)c1cnc(-c2cccc(F)c2)nc1.